The Balaban J connectivity index is 1.59. The molecule has 0 atom stereocenters. The molecule has 2 aliphatic heterocycles. The summed E-state index contributed by atoms with van der Waals surface area (Å²) in [6.45, 7) is 3.82. The zero-order valence-electron chi connectivity index (χ0n) is 21.1. The molecule has 0 spiro atoms. The van der Waals surface area contributed by atoms with Crippen LogP contribution in [0.25, 0.3) is 11.3 Å². The van der Waals surface area contributed by atoms with Gasteiger partial charge in [0.25, 0.3) is 5.91 Å². The van der Waals surface area contributed by atoms with Gasteiger partial charge in [-0.25, -0.2) is 4.79 Å². The summed E-state index contributed by atoms with van der Waals surface area (Å²) in [6, 6.07) is 18.8. The standard InChI is InChI=1S/C29H29N3O5/c1-4-35-29(34)20-7-11-22-23(15-20)31-28(33)26(22)27(19-8-12-24-25(16-19)37-14-13-36-24)30-21-9-5-18(6-10-21)17-32(2)3/h5-12,15-16,30H,4,13-14,17H2,1-3H3,(H,31,33)/b27-26-. The minimum atomic E-state index is -0.431. The summed E-state index contributed by atoms with van der Waals surface area (Å²) in [7, 11) is 4.06. The highest BCUT2D eigenvalue weighted by Gasteiger charge is 2.30. The average molecular weight is 500 g/mol. The molecule has 37 heavy (non-hydrogen) atoms. The van der Waals surface area contributed by atoms with Crippen LogP contribution >= 0.6 is 0 Å². The minimum absolute atomic E-state index is 0.266. The molecule has 2 N–H and O–H groups in total. The summed E-state index contributed by atoms with van der Waals surface area (Å²) in [4.78, 5) is 27.7. The number of fused-ring (bicyclic) bond motifs is 2. The fourth-order valence-electron chi connectivity index (χ4n) is 4.44. The van der Waals surface area contributed by atoms with Crippen molar-refractivity contribution in [3.05, 3.63) is 82.9 Å². The Labute approximate surface area is 215 Å². The highest BCUT2D eigenvalue weighted by Crippen LogP contribution is 2.40. The van der Waals surface area contributed by atoms with E-state index in [1.54, 1.807) is 25.1 Å². The molecule has 0 fully saturated rings. The zero-order chi connectivity index (χ0) is 25.9. The molecule has 0 radical (unpaired) electrons. The Kier molecular flexibility index (Phi) is 6.83. The van der Waals surface area contributed by atoms with Gasteiger partial charge >= 0.3 is 5.97 Å². The van der Waals surface area contributed by atoms with E-state index in [1.165, 1.54) is 5.56 Å². The number of benzene rings is 3. The predicted molar refractivity (Wildman–Crippen MR) is 143 cm³/mol. The molecular formula is C29H29N3O5. The summed E-state index contributed by atoms with van der Waals surface area (Å²) in [5.41, 5.74) is 5.52. The van der Waals surface area contributed by atoms with Crippen LogP contribution in [-0.4, -0.2) is 50.7 Å². The molecule has 0 saturated carbocycles. The number of anilines is 2. The Morgan fingerprint density at radius 2 is 1.70 bits per heavy atom. The number of carbonyl (C=O) groups excluding carboxylic acids is 2. The van der Waals surface area contributed by atoms with Gasteiger partial charge in [-0.15, -0.1) is 0 Å². The van der Waals surface area contributed by atoms with E-state index in [1.807, 2.05) is 44.4 Å². The van der Waals surface area contributed by atoms with E-state index >= 15 is 0 Å². The van der Waals surface area contributed by atoms with Crippen molar-refractivity contribution in [1.29, 1.82) is 0 Å². The summed E-state index contributed by atoms with van der Waals surface area (Å²) < 4.78 is 16.6. The van der Waals surface area contributed by atoms with Crippen LogP contribution in [0.3, 0.4) is 0 Å². The van der Waals surface area contributed by atoms with E-state index in [0.717, 1.165) is 17.8 Å². The first-order valence-corrected chi connectivity index (χ1v) is 12.2. The van der Waals surface area contributed by atoms with Gasteiger partial charge in [-0.3, -0.25) is 4.79 Å². The number of hydrogen-bond acceptors (Lipinski definition) is 7. The molecule has 8 heteroatoms. The molecule has 3 aromatic rings. The van der Waals surface area contributed by atoms with Gasteiger partial charge in [0.1, 0.15) is 13.2 Å². The van der Waals surface area contributed by atoms with E-state index in [0.29, 0.717) is 52.8 Å². The van der Waals surface area contributed by atoms with Crippen LogP contribution in [-0.2, 0) is 16.1 Å². The third-order valence-electron chi connectivity index (χ3n) is 6.08. The van der Waals surface area contributed by atoms with Crippen LogP contribution in [0.1, 0.15) is 34.0 Å². The van der Waals surface area contributed by atoms with Crippen LogP contribution in [0, 0.1) is 0 Å². The average Bonchev–Trinajstić information content (AvgIpc) is 3.22. The molecule has 8 nitrogen and oxygen atoms in total. The van der Waals surface area contributed by atoms with Crippen LogP contribution in [0.2, 0.25) is 0 Å². The molecular weight excluding hydrogens is 470 g/mol. The first-order valence-electron chi connectivity index (χ1n) is 12.2. The molecule has 0 aromatic heterocycles. The van der Waals surface area contributed by atoms with Gasteiger partial charge in [-0.2, -0.15) is 0 Å². The smallest absolute Gasteiger partial charge is 0.338 e. The first kappa shape index (κ1) is 24.4. The maximum atomic E-state index is 13.3. The Hall–Kier alpha value is -4.30. The lowest BCUT2D eigenvalue weighted by Crippen LogP contribution is -2.16. The topological polar surface area (TPSA) is 89.1 Å². The van der Waals surface area contributed by atoms with Crippen LogP contribution < -0.4 is 20.1 Å². The number of nitrogens with one attached hydrogen (secondary N) is 2. The predicted octanol–water partition coefficient (Wildman–Crippen LogP) is 4.63. The second kappa shape index (κ2) is 10.4. The summed E-state index contributed by atoms with van der Waals surface area (Å²) >= 11 is 0. The van der Waals surface area contributed by atoms with E-state index < -0.39 is 5.97 Å². The number of hydrogen-bond donors (Lipinski definition) is 2. The Morgan fingerprint density at radius 1 is 0.973 bits per heavy atom. The third kappa shape index (κ3) is 5.15. The van der Waals surface area contributed by atoms with Crippen molar-refractivity contribution in [2.45, 2.75) is 13.5 Å². The number of esters is 1. The highest BCUT2D eigenvalue weighted by molar-refractivity contribution is 6.37. The Bertz CT molecular complexity index is 1380. The lowest BCUT2D eigenvalue weighted by Gasteiger charge is -2.21. The molecule has 5 rings (SSSR count). The van der Waals surface area contributed by atoms with Crippen LogP contribution in [0.15, 0.2) is 60.7 Å². The van der Waals surface area contributed by atoms with Crippen molar-refractivity contribution in [3.8, 4) is 11.5 Å². The van der Waals surface area contributed by atoms with Gasteiger partial charge in [0, 0.05) is 23.4 Å². The molecule has 0 saturated heterocycles. The van der Waals surface area contributed by atoms with E-state index in [-0.39, 0.29) is 12.5 Å². The summed E-state index contributed by atoms with van der Waals surface area (Å²) in [5, 5.41) is 6.38. The van der Waals surface area contributed by atoms with Crippen molar-refractivity contribution in [2.24, 2.45) is 0 Å². The van der Waals surface area contributed by atoms with Gasteiger partial charge < -0.3 is 29.7 Å². The molecule has 0 aliphatic carbocycles. The second-order valence-electron chi connectivity index (χ2n) is 9.10. The Morgan fingerprint density at radius 3 is 2.43 bits per heavy atom. The maximum absolute atomic E-state index is 13.3. The van der Waals surface area contributed by atoms with Gasteiger partial charge in [-0.1, -0.05) is 18.2 Å². The van der Waals surface area contributed by atoms with E-state index in [4.69, 9.17) is 14.2 Å². The van der Waals surface area contributed by atoms with Crippen molar-refractivity contribution < 1.29 is 23.8 Å². The van der Waals surface area contributed by atoms with Crippen LogP contribution in [0.5, 0.6) is 11.5 Å². The van der Waals surface area contributed by atoms with E-state index in [9.17, 15) is 9.59 Å². The highest BCUT2D eigenvalue weighted by atomic mass is 16.6. The lowest BCUT2D eigenvalue weighted by molar-refractivity contribution is -0.110. The van der Waals surface area contributed by atoms with Crippen molar-refractivity contribution in [2.75, 3.05) is 44.5 Å². The summed E-state index contributed by atoms with van der Waals surface area (Å²) in [5.74, 6) is 0.599. The number of rotatable bonds is 7. The number of nitrogens with zero attached hydrogens (tertiary/aromatic N) is 1. The van der Waals surface area contributed by atoms with Gasteiger partial charge in [0.15, 0.2) is 11.5 Å². The second-order valence-corrected chi connectivity index (χ2v) is 9.10. The normalized spacial score (nSPS) is 15.2. The fourth-order valence-corrected chi connectivity index (χ4v) is 4.44. The number of ether oxygens (including phenoxy) is 3. The van der Waals surface area contributed by atoms with Gasteiger partial charge in [0.2, 0.25) is 0 Å². The van der Waals surface area contributed by atoms with E-state index in [2.05, 4.69) is 27.7 Å². The molecule has 0 bridgehead atoms. The monoisotopic (exact) mass is 499 g/mol. The van der Waals surface area contributed by atoms with Gasteiger partial charge in [0.05, 0.1) is 29.1 Å². The molecule has 0 unspecified atom stereocenters. The maximum Gasteiger partial charge on any atom is 0.338 e. The largest absolute Gasteiger partial charge is 0.486 e. The molecule has 3 aromatic carbocycles. The summed E-state index contributed by atoms with van der Waals surface area (Å²) in [6.07, 6.45) is 0. The zero-order valence-corrected chi connectivity index (χ0v) is 21.1. The molecule has 2 aliphatic rings. The molecule has 190 valence electrons. The quantitative estimate of drug-likeness (QED) is 0.362. The first-order chi connectivity index (χ1) is 17.9. The number of amides is 1. The van der Waals surface area contributed by atoms with Crippen LogP contribution in [0.4, 0.5) is 11.4 Å². The SMILES string of the molecule is CCOC(=O)c1ccc2c(c1)NC(=O)/C2=C(\Nc1ccc(CN(C)C)cc1)c1ccc2c(c1)OCCO2. The van der Waals surface area contributed by atoms with Crippen molar-refractivity contribution in [3.63, 3.8) is 0 Å². The van der Waals surface area contributed by atoms with Crippen molar-refractivity contribution >= 4 is 34.5 Å². The third-order valence-corrected chi connectivity index (χ3v) is 6.08. The minimum Gasteiger partial charge on any atom is -0.486 e. The van der Waals surface area contributed by atoms with Gasteiger partial charge in [-0.05, 0) is 69.0 Å². The lowest BCUT2D eigenvalue weighted by atomic mass is 9.98. The number of carbonyl (C=O) groups is 2. The fraction of sp³-hybridized carbons (Fsp3) is 0.241. The molecule has 2 heterocycles. The molecule has 1 amide bonds. The van der Waals surface area contributed by atoms with Crippen molar-refractivity contribution in [1.82, 2.24) is 4.90 Å².